The van der Waals surface area contributed by atoms with E-state index >= 15 is 0 Å². The standard InChI is InChI=1S/C23H22FNO6S/c1-3-29-19-11-16(7-10-18(19)31-14-15-5-8-17(24)9-6-15)12-20-22(27)25(23(28)32-20)13-21(26)30-4-2/h5-12H,3-4,13-14H2,1-2H3/b20-12+. The molecule has 1 aliphatic heterocycles. The van der Waals surface area contributed by atoms with Crippen molar-refractivity contribution in [2.75, 3.05) is 19.8 Å². The summed E-state index contributed by atoms with van der Waals surface area (Å²) >= 11 is 0.757. The van der Waals surface area contributed by atoms with Gasteiger partial charge in [-0.2, -0.15) is 0 Å². The second-order valence-corrected chi connectivity index (χ2v) is 7.62. The third kappa shape index (κ3) is 5.88. The van der Waals surface area contributed by atoms with Gasteiger partial charge in [0.1, 0.15) is 19.0 Å². The molecular weight excluding hydrogens is 437 g/mol. The highest BCUT2D eigenvalue weighted by molar-refractivity contribution is 8.18. The molecule has 0 N–H and O–H groups in total. The number of rotatable bonds is 9. The molecule has 1 saturated heterocycles. The fourth-order valence-corrected chi connectivity index (χ4v) is 3.71. The number of esters is 1. The Morgan fingerprint density at radius 3 is 2.47 bits per heavy atom. The molecule has 9 heteroatoms. The quantitative estimate of drug-likeness (QED) is 0.406. The second kappa shape index (κ2) is 10.8. The van der Waals surface area contributed by atoms with Gasteiger partial charge in [0.25, 0.3) is 11.1 Å². The van der Waals surface area contributed by atoms with Gasteiger partial charge in [-0.1, -0.05) is 18.2 Å². The molecule has 0 atom stereocenters. The Morgan fingerprint density at radius 2 is 1.78 bits per heavy atom. The van der Waals surface area contributed by atoms with Crippen LogP contribution in [0.3, 0.4) is 0 Å². The fraction of sp³-hybridized carbons (Fsp3) is 0.261. The molecule has 0 unspecified atom stereocenters. The molecule has 3 rings (SSSR count). The zero-order valence-corrected chi connectivity index (χ0v) is 18.4. The van der Waals surface area contributed by atoms with Gasteiger partial charge in [0.05, 0.1) is 18.1 Å². The summed E-state index contributed by atoms with van der Waals surface area (Å²) < 4.78 is 29.3. The van der Waals surface area contributed by atoms with Crippen molar-refractivity contribution in [3.8, 4) is 11.5 Å². The number of thioether (sulfide) groups is 1. The summed E-state index contributed by atoms with van der Waals surface area (Å²) in [7, 11) is 0. The van der Waals surface area contributed by atoms with Gasteiger partial charge >= 0.3 is 5.97 Å². The van der Waals surface area contributed by atoms with Crippen molar-refractivity contribution in [2.45, 2.75) is 20.5 Å². The van der Waals surface area contributed by atoms with Crippen molar-refractivity contribution < 1.29 is 33.0 Å². The number of halogens is 1. The van der Waals surface area contributed by atoms with Crippen molar-refractivity contribution in [3.05, 3.63) is 64.3 Å². The molecule has 7 nitrogen and oxygen atoms in total. The number of imide groups is 1. The van der Waals surface area contributed by atoms with Crippen LogP contribution in [0.15, 0.2) is 47.4 Å². The average molecular weight is 459 g/mol. The second-order valence-electron chi connectivity index (χ2n) is 6.63. The SMILES string of the molecule is CCOC(=O)CN1C(=O)S/C(=C/c2ccc(OCc3ccc(F)cc3)c(OCC)c2)C1=O. The van der Waals surface area contributed by atoms with E-state index in [9.17, 15) is 18.8 Å². The number of ether oxygens (including phenoxy) is 3. The average Bonchev–Trinajstić information content (AvgIpc) is 3.02. The Balaban J connectivity index is 1.75. The predicted molar refractivity (Wildman–Crippen MR) is 118 cm³/mol. The molecule has 2 aromatic carbocycles. The van der Waals surface area contributed by atoms with Crippen molar-refractivity contribution in [3.63, 3.8) is 0 Å². The van der Waals surface area contributed by atoms with E-state index in [2.05, 4.69) is 0 Å². The van der Waals surface area contributed by atoms with Crippen molar-refractivity contribution >= 4 is 35.0 Å². The van der Waals surface area contributed by atoms with E-state index in [1.165, 1.54) is 12.1 Å². The molecule has 0 spiro atoms. The first-order valence-electron chi connectivity index (χ1n) is 9.96. The zero-order valence-electron chi connectivity index (χ0n) is 17.6. The number of hydrogen-bond donors (Lipinski definition) is 0. The lowest BCUT2D eigenvalue weighted by Crippen LogP contribution is -2.34. The van der Waals surface area contributed by atoms with Crippen molar-refractivity contribution in [1.82, 2.24) is 4.90 Å². The molecule has 2 aromatic rings. The first kappa shape index (κ1) is 23.3. The van der Waals surface area contributed by atoms with Crippen LogP contribution in [0, 0.1) is 5.82 Å². The topological polar surface area (TPSA) is 82.1 Å². The van der Waals surface area contributed by atoms with E-state index in [1.54, 1.807) is 43.3 Å². The number of hydrogen-bond acceptors (Lipinski definition) is 7. The molecule has 2 amide bonds. The van der Waals surface area contributed by atoms with Gasteiger partial charge in [-0.15, -0.1) is 0 Å². The number of benzene rings is 2. The number of amides is 2. The lowest BCUT2D eigenvalue weighted by atomic mass is 10.1. The summed E-state index contributed by atoms with van der Waals surface area (Å²) in [5.41, 5.74) is 1.43. The van der Waals surface area contributed by atoms with Crippen LogP contribution in [0.2, 0.25) is 0 Å². The molecule has 0 radical (unpaired) electrons. The maximum Gasteiger partial charge on any atom is 0.326 e. The summed E-state index contributed by atoms with van der Waals surface area (Å²) in [6.45, 7) is 3.85. The van der Waals surface area contributed by atoms with Gasteiger partial charge in [-0.25, -0.2) is 4.39 Å². The molecule has 1 aliphatic rings. The van der Waals surface area contributed by atoms with E-state index in [-0.39, 0.29) is 23.9 Å². The van der Waals surface area contributed by atoms with Gasteiger partial charge in [0.15, 0.2) is 11.5 Å². The maximum absolute atomic E-state index is 13.1. The third-order valence-electron chi connectivity index (χ3n) is 4.34. The Kier molecular flexibility index (Phi) is 7.88. The Hall–Kier alpha value is -3.33. The third-order valence-corrected chi connectivity index (χ3v) is 5.25. The Bertz CT molecular complexity index is 1040. The van der Waals surface area contributed by atoms with E-state index in [0.29, 0.717) is 23.7 Å². The molecule has 32 heavy (non-hydrogen) atoms. The summed E-state index contributed by atoms with van der Waals surface area (Å²) in [6.07, 6.45) is 1.56. The van der Waals surface area contributed by atoms with Crippen molar-refractivity contribution in [2.24, 2.45) is 0 Å². The van der Waals surface area contributed by atoms with Gasteiger partial charge in [0, 0.05) is 0 Å². The minimum atomic E-state index is -0.641. The fourth-order valence-electron chi connectivity index (χ4n) is 2.87. The number of nitrogens with zero attached hydrogens (tertiary/aromatic N) is 1. The summed E-state index contributed by atoms with van der Waals surface area (Å²) in [5.74, 6) is -0.558. The monoisotopic (exact) mass is 459 g/mol. The molecule has 0 aliphatic carbocycles. The minimum Gasteiger partial charge on any atom is -0.490 e. The van der Waals surface area contributed by atoms with Crippen LogP contribution in [-0.2, 0) is 20.9 Å². The maximum atomic E-state index is 13.1. The number of carbonyl (C=O) groups excluding carboxylic acids is 3. The first-order valence-corrected chi connectivity index (χ1v) is 10.8. The van der Waals surface area contributed by atoms with Crippen LogP contribution in [0.4, 0.5) is 9.18 Å². The van der Waals surface area contributed by atoms with Crippen LogP contribution < -0.4 is 9.47 Å². The van der Waals surface area contributed by atoms with Gasteiger partial charge in [0.2, 0.25) is 0 Å². The smallest absolute Gasteiger partial charge is 0.326 e. The van der Waals surface area contributed by atoms with E-state index in [1.807, 2.05) is 6.92 Å². The Morgan fingerprint density at radius 1 is 1.03 bits per heavy atom. The largest absolute Gasteiger partial charge is 0.490 e. The molecule has 0 bridgehead atoms. The number of carbonyl (C=O) groups is 3. The van der Waals surface area contributed by atoms with Gasteiger partial charge in [-0.3, -0.25) is 19.3 Å². The van der Waals surface area contributed by atoms with Crippen LogP contribution in [0.1, 0.15) is 25.0 Å². The molecule has 0 saturated carbocycles. The van der Waals surface area contributed by atoms with E-state index in [4.69, 9.17) is 14.2 Å². The highest BCUT2D eigenvalue weighted by atomic mass is 32.2. The van der Waals surface area contributed by atoms with Gasteiger partial charge < -0.3 is 14.2 Å². The highest BCUT2D eigenvalue weighted by Gasteiger charge is 2.36. The highest BCUT2D eigenvalue weighted by Crippen LogP contribution is 2.35. The first-order chi connectivity index (χ1) is 15.4. The molecule has 0 aromatic heterocycles. The van der Waals surface area contributed by atoms with Gasteiger partial charge in [-0.05, 0) is 67.1 Å². The predicted octanol–water partition coefficient (Wildman–Crippen LogP) is 4.40. The molecule has 168 valence electrons. The molecule has 1 heterocycles. The summed E-state index contributed by atoms with van der Waals surface area (Å²) in [6, 6.07) is 11.1. The zero-order chi connectivity index (χ0) is 23.1. The van der Waals surface area contributed by atoms with Crippen LogP contribution >= 0.6 is 11.8 Å². The molecule has 1 fully saturated rings. The summed E-state index contributed by atoms with van der Waals surface area (Å²) in [5, 5.41) is -0.529. The summed E-state index contributed by atoms with van der Waals surface area (Å²) in [4.78, 5) is 37.4. The Labute approximate surface area is 189 Å². The normalized spacial score (nSPS) is 14.7. The van der Waals surface area contributed by atoms with E-state index in [0.717, 1.165) is 22.2 Å². The van der Waals surface area contributed by atoms with Crippen molar-refractivity contribution in [1.29, 1.82) is 0 Å². The lowest BCUT2D eigenvalue weighted by molar-refractivity contribution is -0.145. The minimum absolute atomic E-state index is 0.167. The molecular formula is C23H22FNO6S. The van der Waals surface area contributed by atoms with Crippen LogP contribution in [0.5, 0.6) is 11.5 Å². The lowest BCUT2D eigenvalue weighted by Gasteiger charge is -2.13. The van der Waals surface area contributed by atoms with Crippen LogP contribution in [-0.4, -0.2) is 41.8 Å². The van der Waals surface area contributed by atoms with Crippen LogP contribution in [0.25, 0.3) is 6.08 Å². The van der Waals surface area contributed by atoms with E-state index < -0.39 is 23.7 Å².